The number of nitrogens with zero attached hydrogens (tertiary/aromatic N) is 2. The fourth-order valence-electron chi connectivity index (χ4n) is 3.10. The molecule has 3 rings (SSSR count). The number of carbonyl (C=O) groups excluding carboxylic acids is 1. The SMILES string of the molecule is CC(C)c1ccc(CN2CCN(C(=O)Cc3ccsc3)CC2)cc1. The summed E-state index contributed by atoms with van der Waals surface area (Å²) >= 11 is 1.65. The minimum atomic E-state index is 0.259. The van der Waals surface area contributed by atoms with Gasteiger partial charge in [-0.05, 0) is 39.4 Å². The minimum absolute atomic E-state index is 0.259. The number of hydrogen-bond acceptors (Lipinski definition) is 3. The Morgan fingerprint density at radius 1 is 1.04 bits per heavy atom. The first-order valence-electron chi connectivity index (χ1n) is 8.72. The molecule has 1 aliphatic rings. The number of amides is 1. The predicted octanol–water partition coefficient (Wildman–Crippen LogP) is 3.76. The molecular weight excluding hydrogens is 316 g/mol. The van der Waals surface area contributed by atoms with E-state index in [4.69, 9.17) is 0 Å². The lowest BCUT2D eigenvalue weighted by molar-refractivity contribution is -0.132. The van der Waals surface area contributed by atoms with Crippen LogP contribution in [0.25, 0.3) is 0 Å². The van der Waals surface area contributed by atoms with E-state index in [2.05, 4.69) is 48.4 Å². The van der Waals surface area contributed by atoms with Crippen LogP contribution in [0.15, 0.2) is 41.1 Å². The van der Waals surface area contributed by atoms with Gasteiger partial charge < -0.3 is 4.90 Å². The molecule has 3 nitrogen and oxygen atoms in total. The Balaban J connectivity index is 1.47. The molecule has 24 heavy (non-hydrogen) atoms. The molecule has 1 saturated heterocycles. The van der Waals surface area contributed by atoms with E-state index >= 15 is 0 Å². The van der Waals surface area contributed by atoms with E-state index in [0.29, 0.717) is 12.3 Å². The zero-order valence-electron chi connectivity index (χ0n) is 14.6. The standard InChI is InChI=1S/C20H26N2OS/c1-16(2)19-5-3-17(4-6-19)14-21-8-10-22(11-9-21)20(23)13-18-7-12-24-15-18/h3-7,12,15-16H,8-11,13-14H2,1-2H3. The maximum atomic E-state index is 12.3. The topological polar surface area (TPSA) is 23.6 Å². The average Bonchev–Trinajstić information content (AvgIpc) is 3.09. The highest BCUT2D eigenvalue weighted by Gasteiger charge is 2.21. The third kappa shape index (κ3) is 4.46. The van der Waals surface area contributed by atoms with E-state index in [-0.39, 0.29) is 5.91 Å². The highest BCUT2D eigenvalue weighted by molar-refractivity contribution is 7.08. The number of carbonyl (C=O) groups is 1. The van der Waals surface area contributed by atoms with Gasteiger partial charge in [0.05, 0.1) is 6.42 Å². The monoisotopic (exact) mass is 342 g/mol. The van der Waals surface area contributed by atoms with Crippen LogP contribution in [0.5, 0.6) is 0 Å². The average molecular weight is 343 g/mol. The van der Waals surface area contributed by atoms with Crippen LogP contribution >= 0.6 is 11.3 Å². The molecular formula is C20H26N2OS. The Bertz CT molecular complexity index is 641. The Morgan fingerprint density at radius 2 is 1.75 bits per heavy atom. The first-order chi connectivity index (χ1) is 11.6. The van der Waals surface area contributed by atoms with Gasteiger partial charge >= 0.3 is 0 Å². The molecule has 1 aromatic heterocycles. The van der Waals surface area contributed by atoms with Crippen LogP contribution in [0.1, 0.15) is 36.5 Å². The van der Waals surface area contributed by atoms with Gasteiger partial charge in [-0.15, -0.1) is 0 Å². The largest absolute Gasteiger partial charge is 0.340 e. The van der Waals surface area contributed by atoms with Crippen molar-refractivity contribution in [3.63, 3.8) is 0 Å². The van der Waals surface area contributed by atoms with Gasteiger partial charge in [-0.1, -0.05) is 38.1 Å². The summed E-state index contributed by atoms with van der Waals surface area (Å²) in [7, 11) is 0. The molecule has 1 fully saturated rings. The molecule has 0 N–H and O–H groups in total. The van der Waals surface area contributed by atoms with Crippen LogP contribution in [-0.2, 0) is 17.8 Å². The summed E-state index contributed by atoms with van der Waals surface area (Å²) < 4.78 is 0. The Labute approximate surface area is 148 Å². The van der Waals surface area contributed by atoms with E-state index in [9.17, 15) is 4.79 Å². The van der Waals surface area contributed by atoms with E-state index in [1.54, 1.807) is 11.3 Å². The molecule has 0 spiro atoms. The van der Waals surface area contributed by atoms with Crippen molar-refractivity contribution in [2.75, 3.05) is 26.2 Å². The maximum Gasteiger partial charge on any atom is 0.227 e. The summed E-state index contributed by atoms with van der Waals surface area (Å²) in [6.07, 6.45) is 0.542. The van der Waals surface area contributed by atoms with Crippen molar-refractivity contribution < 1.29 is 4.79 Å². The van der Waals surface area contributed by atoms with E-state index < -0.39 is 0 Å². The first kappa shape index (κ1) is 17.2. The summed E-state index contributed by atoms with van der Waals surface area (Å²) in [5.74, 6) is 0.839. The molecule has 1 aliphatic heterocycles. The van der Waals surface area contributed by atoms with Crippen molar-refractivity contribution in [2.45, 2.75) is 32.7 Å². The quantitative estimate of drug-likeness (QED) is 0.826. The lowest BCUT2D eigenvalue weighted by Gasteiger charge is -2.34. The van der Waals surface area contributed by atoms with Crippen molar-refractivity contribution in [2.24, 2.45) is 0 Å². The Hall–Kier alpha value is -1.65. The molecule has 128 valence electrons. The van der Waals surface area contributed by atoms with E-state index in [1.165, 1.54) is 11.1 Å². The molecule has 2 aromatic rings. The zero-order chi connectivity index (χ0) is 16.9. The van der Waals surface area contributed by atoms with Gasteiger partial charge in [-0.3, -0.25) is 9.69 Å². The number of thiophene rings is 1. The normalized spacial score (nSPS) is 15.9. The lowest BCUT2D eigenvalue weighted by atomic mass is 10.0. The van der Waals surface area contributed by atoms with E-state index in [1.807, 2.05) is 16.3 Å². The van der Waals surface area contributed by atoms with Gasteiger partial charge in [0.25, 0.3) is 0 Å². The van der Waals surface area contributed by atoms with E-state index in [0.717, 1.165) is 38.3 Å². The van der Waals surface area contributed by atoms with Crippen molar-refractivity contribution in [3.05, 3.63) is 57.8 Å². The van der Waals surface area contributed by atoms with Crippen LogP contribution in [0.3, 0.4) is 0 Å². The molecule has 4 heteroatoms. The van der Waals surface area contributed by atoms with Crippen molar-refractivity contribution in [3.8, 4) is 0 Å². The van der Waals surface area contributed by atoms with Crippen LogP contribution in [-0.4, -0.2) is 41.9 Å². The molecule has 0 atom stereocenters. The molecule has 2 heterocycles. The molecule has 0 unspecified atom stereocenters. The Morgan fingerprint density at radius 3 is 2.33 bits per heavy atom. The van der Waals surface area contributed by atoms with Crippen molar-refractivity contribution in [1.29, 1.82) is 0 Å². The molecule has 0 aliphatic carbocycles. The summed E-state index contributed by atoms with van der Waals surface area (Å²) in [5, 5.41) is 4.10. The van der Waals surface area contributed by atoms with Crippen LogP contribution in [0.2, 0.25) is 0 Å². The molecule has 0 saturated carbocycles. The molecule has 0 bridgehead atoms. The predicted molar refractivity (Wildman–Crippen MR) is 100 cm³/mol. The highest BCUT2D eigenvalue weighted by atomic mass is 32.1. The smallest absolute Gasteiger partial charge is 0.227 e. The number of benzene rings is 1. The summed E-state index contributed by atoms with van der Waals surface area (Å²) in [6, 6.07) is 11.0. The first-order valence-corrected chi connectivity index (χ1v) is 9.66. The zero-order valence-corrected chi connectivity index (χ0v) is 15.4. The lowest BCUT2D eigenvalue weighted by Crippen LogP contribution is -2.48. The van der Waals surface area contributed by atoms with Crippen molar-refractivity contribution in [1.82, 2.24) is 9.80 Å². The maximum absolute atomic E-state index is 12.3. The molecule has 0 radical (unpaired) electrons. The molecule has 1 amide bonds. The molecule has 1 aromatic carbocycles. The fraction of sp³-hybridized carbons (Fsp3) is 0.450. The fourth-order valence-corrected chi connectivity index (χ4v) is 3.77. The van der Waals surface area contributed by atoms with Crippen LogP contribution in [0.4, 0.5) is 0 Å². The number of piperazine rings is 1. The Kier molecular flexibility index (Phi) is 5.69. The van der Waals surface area contributed by atoms with Crippen molar-refractivity contribution >= 4 is 17.2 Å². The summed E-state index contributed by atoms with van der Waals surface area (Å²) in [5.41, 5.74) is 3.89. The van der Waals surface area contributed by atoms with Gasteiger partial charge in [-0.2, -0.15) is 11.3 Å². The minimum Gasteiger partial charge on any atom is -0.340 e. The second-order valence-electron chi connectivity index (χ2n) is 6.86. The summed E-state index contributed by atoms with van der Waals surface area (Å²) in [4.78, 5) is 16.8. The van der Waals surface area contributed by atoms with Crippen LogP contribution < -0.4 is 0 Å². The van der Waals surface area contributed by atoms with Gasteiger partial charge in [0.2, 0.25) is 5.91 Å². The van der Waals surface area contributed by atoms with Gasteiger partial charge in [0.1, 0.15) is 0 Å². The number of hydrogen-bond donors (Lipinski definition) is 0. The van der Waals surface area contributed by atoms with Crippen LogP contribution in [0, 0.1) is 0 Å². The third-order valence-corrected chi connectivity index (χ3v) is 5.45. The second kappa shape index (κ2) is 7.95. The number of rotatable bonds is 5. The third-order valence-electron chi connectivity index (χ3n) is 4.71. The van der Waals surface area contributed by atoms with Gasteiger partial charge in [-0.25, -0.2) is 0 Å². The second-order valence-corrected chi connectivity index (χ2v) is 7.64. The van der Waals surface area contributed by atoms with Gasteiger partial charge in [0, 0.05) is 32.7 Å². The summed E-state index contributed by atoms with van der Waals surface area (Å²) in [6.45, 7) is 9.02. The van der Waals surface area contributed by atoms with Gasteiger partial charge in [0.15, 0.2) is 0 Å². The highest BCUT2D eigenvalue weighted by Crippen LogP contribution is 2.16.